The van der Waals surface area contributed by atoms with Gasteiger partial charge in [0.2, 0.25) is 17.8 Å². The van der Waals surface area contributed by atoms with Crippen LogP contribution in [0.3, 0.4) is 0 Å². The topological polar surface area (TPSA) is 102 Å². The molecule has 1 fully saturated rings. The summed E-state index contributed by atoms with van der Waals surface area (Å²) in [6.45, 7) is 4.58. The molecule has 0 saturated carbocycles. The summed E-state index contributed by atoms with van der Waals surface area (Å²) in [6, 6.07) is 12.8. The maximum atomic E-state index is 13.2. The van der Waals surface area contributed by atoms with E-state index in [-0.39, 0.29) is 11.8 Å². The Morgan fingerprint density at radius 1 is 0.969 bits per heavy atom. The number of halogens is 1. The number of carbonyl (C=O) groups excluding carboxylic acids is 1. The van der Waals surface area contributed by atoms with E-state index in [2.05, 4.69) is 25.6 Å². The lowest BCUT2D eigenvalue weighted by Crippen LogP contribution is -2.37. The molecule has 1 saturated heterocycles. The third-order valence-electron chi connectivity index (χ3n) is 4.67. The standard InChI is InChI=1S/C22H23FN6O3/c1-2-32-19(30)15-3-7-17(8-4-15)24-20-26-21(25-18-9-5-16(23)6-10-18)28-22(27-20)29-11-13-31-14-12-29/h3-10H,2,11-14H2,1H3,(H2,24,25,26,27,28). The van der Waals surface area contributed by atoms with Gasteiger partial charge in [-0.1, -0.05) is 0 Å². The first-order chi connectivity index (χ1) is 15.6. The summed E-state index contributed by atoms with van der Waals surface area (Å²) in [5, 5.41) is 6.23. The number of morpholine rings is 1. The summed E-state index contributed by atoms with van der Waals surface area (Å²) in [7, 11) is 0. The monoisotopic (exact) mass is 438 g/mol. The van der Waals surface area contributed by atoms with E-state index < -0.39 is 0 Å². The average molecular weight is 438 g/mol. The number of nitrogens with one attached hydrogen (secondary N) is 2. The molecule has 2 heterocycles. The van der Waals surface area contributed by atoms with Crippen molar-refractivity contribution in [3.05, 3.63) is 59.9 Å². The number of carbonyl (C=O) groups is 1. The molecule has 0 amide bonds. The van der Waals surface area contributed by atoms with E-state index >= 15 is 0 Å². The summed E-state index contributed by atoms with van der Waals surface area (Å²) < 4.78 is 23.7. The molecule has 1 aliphatic heterocycles. The van der Waals surface area contributed by atoms with Gasteiger partial charge in [0.15, 0.2) is 0 Å². The maximum absolute atomic E-state index is 13.2. The molecular weight excluding hydrogens is 415 g/mol. The summed E-state index contributed by atoms with van der Waals surface area (Å²) in [5.74, 6) is 0.445. The van der Waals surface area contributed by atoms with E-state index in [1.165, 1.54) is 12.1 Å². The Balaban J connectivity index is 1.58. The van der Waals surface area contributed by atoms with Crippen LogP contribution in [0.4, 0.5) is 33.6 Å². The van der Waals surface area contributed by atoms with Gasteiger partial charge in [0.25, 0.3) is 0 Å². The number of hydrogen-bond acceptors (Lipinski definition) is 9. The van der Waals surface area contributed by atoms with Gasteiger partial charge >= 0.3 is 5.97 Å². The predicted molar refractivity (Wildman–Crippen MR) is 118 cm³/mol. The molecule has 2 aromatic carbocycles. The van der Waals surface area contributed by atoms with Gasteiger partial charge in [-0.15, -0.1) is 0 Å². The predicted octanol–water partition coefficient (Wildman–Crippen LogP) is 3.51. The Bertz CT molecular complexity index is 1060. The highest BCUT2D eigenvalue weighted by Gasteiger charge is 2.17. The maximum Gasteiger partial charge on any atom is 0.338 e. The molecule has 0 aliphatic carbocycles. The van der Waals surface area contributed by atoms with Crippen molar-refractivity contribution >= 4 is 35.2 Å². The zero-order valence-corrected chi connectivity index (χ0v) is 17.5. The van der Waals surface area contributed by atoms with Crippen LogP contribution in [-0.2, 0) is 9.47 Å². The van der Waals surface area contributed by atoms with Crippen LogP contribution in [-0.4, -0.2) is 53.8 Å². The van der Waals surface area contributed by atoms with E-state index in [1.807, 2.05) is 4.90 Å². The van der Waals surface area contributed by atoms with Gasteiger partial charge in [-0.3, -0.25) is 0 Å². The highest BCUT2D eigenvalue weighted by Crippen LogP contribution is 2.21. The van der Waals surface area contributed by atoms with Crippen LogP contribution >= 0.6 is 0 Å². The fourth-order valence-corrected chi connectivity index (χ4v) is 3.08. The molecule has 0 radical (unpaired) electrons. The van der Waals surface area contributed by atoms with Crippen molar-refractivity contribution in [1.82, 2.24) is 15.0 Å². The molecule has 32 heavy (non-hydrogen) atoms. The number of aromatic nitrogens is 3. The average Bonchev–Trinajstić information content (AvgIpc) is 2.82. The van der Waals surface area contributed by atoms with E-state index in [0.29, 0.717) is 67.7 Å². The highest BCUT2D eigenvalue weighted by atomic mass is 19.1. The summed E-state index contributed by atoms with van der Waals surface area (Å²) in [4.78, 5) is 27.4. The molecule has 10 heteroatoms. The molecule has 0 bridgehead atoms. The van der Waals surface area contributed by atoms with Crippen LogP contribution in [0.1, 0.15) is 17.3 Å². The molecule has 2 N–H and O–H groups in total. The van der Waals surface area contributed by atoms with Crippen LogP contribution in [0.25, 0.3) is 0 Å². The lowest BCUT2D eigenvalue weighted by molar-refractivity contribution is 0.0526. The van der Waals surface area contributed by atoms with Gasteiger partial charge in [-0.2, -0.15) is 15.0 Å². The Morgan fingerprint density at radius 3 is 2.09 bits per heavy atom. The second kappa shape index (κ2) is 10.0. The van der Waals surface area contributed by atoms with Gasteiger partial charge in [-0.05, 0) is 55.5 Å². The molecule has 4 rings (SSSR count). The summed E-state index contributed by atoms with van der Waals surface area (Å²) >= 11 is 0. The zero-order valence-electron chi connectivity index (χ0n) is 17.5. The zero-order chi connectivity index (χ0) is 22.3. The minimum Gasteiger partial charge on any atom is -0.462 e. The van der Waals surface area contributed by atoms with Crippen molar-refractivity contribution in [1.29, 1.82) is 0 Å². The third-order valence-corrected chi connectivity index (χ3v) is 4.67. The quantitative estimate of drug-likeness (QED) is 0.537. The van der Waals surface area contributed by atoms with Gasteiger partial charge in [0.1, 0.15) is 5.82 Å². The summed E-state index contributed by atoms with van der Waals surface area (Å²) in [6.07, 6.45) is 0. The molecule has 1 aliphatic rings. The molecule has 0 atom stereocenters. The molecule has 9 nitrogen and oxygen atoms in total. The normalized spacial score (nSPS) is 13.5. The Hall–Kier alpha value is -3.79. The molecular formula is C22H23FN6O3. The molecule has 0 unspecified atom stereocenters. The minimum absolute atomic E-state index is 0.317. The van der Waals surface area contributed by atoms with Crippen molar-refractivity contribution in [2.75, 3.05) is 48.4 Å². The van der Waals surface area contributed by atoms with Crippen LogP contribution in [0.15, 0.2) is 48.5 Å². The largest absolute Gasteiger partial charge is 0.462 e. The fraction of sp³-hybridized carbons (Fsp3) is 0.273. The Labute approximate surface area is 184 Å². The minimum atomic E-state index is -0.375. The summed E-state index contributed by atoms with van der Waals surface area (Å²) in [5.41, 5.74) is 1.81. The lowest BCUT2D eigenvalue weighted by Gasteiger charge is -2.27. The first kappa shape index (κ1) is 21.4. The molecule has 166 valence electrons. The number of nitrogens with zero attached hydrogens (tertiary/aromatic N) is 4. The van der Waals surface area contributed by atoms with E-state index in [1.54, 1.807) is 43.3 Å². The van der Waals surface area contributed by atoms with Gasteiger partial charge in [0, 0.05) is 24.5 Å². The van der Waals surface area contributed by atoms with Gasteiger partial charge in [-0.25, -0.2) is 9.18 Å². The van der Waals surface area contributed by atoms with E-state index in [0.717, 1.165) is 0 Å². The Morgan fingerprint density at radius 2 is 1.53 bits per heavy atom. The highest BCUT2D eigenvalue weighted by molar-refractivity contribution is 5.89. The van der Waals surface area contributed by atoms with Crippen molar-refractivity contribution in [2.45, 2.75) is 6.92 Å². The smallest absolute Gasteiger partial charge is 0.338 e. The molecule has 1 aromatic heterocycles. The SMILES string of the molecule is CCOC(=O)c1ccc(Nc2nc(Nc3ccc(F)cc3)nc(N3CCOCC3)n2)cc1. The van der Waals surface area contributed by atoms with Crippen molar-refractivity contribution in [3.8, 4) is 0 Å². The van der Waals surface area contributed by atoms with E-state index in [4.69, 9.17) is 9.47 Å². The van der Waals surface area contributed by atoms with Crippen LogP contribution < -0.4 is 15.5 Å². The number of anilines is 5. The van der Waals surface area contributed by atoms with Crippen LogP contribution in [0.2, 0.25) is 0 Å². The molecule has 0 spiro atoms. The van der Waals surface area contributed by atoms with Crippen LogP contribution in [0.5, 0.6) is 0 Å². The second-order valence-electron chi connectivity index (χ2n) is 6.94. The van der Waals surface area contributed by atoms with Crippen molar-refractivity contribution < 1.29 is 18.7 Å². The van der Waals surface area contributed by atoms with Gasteiger partial charge < -0.3 is 25.0 Å². The lowest BCUT2D eigenvalue weighted by atomic mass is 10.2. The first-order valence-corrected chi connectivity index (χ1v) is 10.3. The Kier molecular flexibility index (Phi) is 6.71. The molecule has 3 aromatic rings. The van der Waals surface area contributed by atoms with E-state index in [9.17, 15) is 9.18 Å². The number of esters is 1. The van der Waals surface area contributed by atoms with Crippen molar-refractivity contribution in [3.63, 3.8) is 0 Å². The van der Waals surface area contributed by atoms with Gasteiger partial charge in [0.05, 0.1) is 25.4 Å². The first-order valence-electron chi connectivity index (χ1n) is 10.3. The number of benzene rings is 2. The number of rotatable bonds is 7. The third kappa shape index (κ3) is 5.46. The second-order valence-corrected chi connectivity index (χ2v) is 6.94. The number of ether oxygens (including phenoxy) is 2. The number of hydrogen-bond donors (Lipinski definition) is 2. The fourth-order valence-electron chi connectivity index (χ4n) is 3.08. The van der Waals surface area contributed by atoms with Crippen LogP contribution in [0, 0.1) is 5.82 Å². The van der Waals surface area contributed by atoms with Crippen molar-refractivity contribution in [2.24, 2.45) is 0 Å².